The van der Waals surface area contributed by atoms with E-state index in [4.69, 9.17) is 9.47 Å². The van der Waals surface area contributed by atoms with E-state index in [9.17, 15) is 4.79 Å². The first-order valence-electron chi connectivity index (χ1n) is 8.34. The predicted molar refractivity (Wildman–Crippen MR) is 91.5 cm³/mol. The average Bonchev–Trinajstić information content (AvgIpc) is 3.08. The molecule has 2 aliphatic rings. The summed E-state index contributed by atoms with van der Waals surface area (Å²) in [5, 5.41) is 5.89. The van der Waals surface area contributed by atoms with Crippen LogP contribution in [0, 0.1) is 0 Å². The van der Waals surface area contributed by atoms with E-state index in [0.717, 1.165) is 35.6 Å². The number of ether oxygens (including phenoxy) is 2. The largest absolute Gasteiger partial charge is 0.454 e. The average molecular weight is 324 g/mol. The summed E-state index contributed by atoms with van der Waals surface area (Å²) < 4.78 is 10.6. The molecule has 0 bridgehead atoms. The number of carbonyl (C=O) groups is 1. The summed E-state index contributed by atoms with van der Waals surface area (Å²) in [5.41, 5.74) is 4.54. The first kappa shape index (κ1) is 14.9. The van der Waals surface area contributed by atoms with Crippen LogP contribution >= 0.6 is 0 Å². The van der Waals surface area contributed by atoms with Crippen LogP contribution in [0.15, 0.2) is 36.4 Å². The van der Waals surface area contributed by atoms with Crippen LogP contribution in [0.2, 0.25) is 0 Å². The minimum absolute atomic E-state index is 0.188. The number of nitrogens with one attached hydrogen (secondary N) is 2. The number of urea groups is 1. The van der Waals surface area contributed by atoms with Crippen LogP contribution in [0.4, 0.5) is 10.5 Å². The van der Waals surface area contributed by atoms with Gasteiger partial charge >= 0.3 is 6.03 Å². The summed E-state index contributed by atoms with van der Waals surface area (Å²) in [6.07, 6.45) is 4.55. The maximum Gasteiger partial charge on any atom is 0.319 e. The van der Waals surface area contributed by atoms with Gasteiger partial charge in [0, 0.05) is 12.2 Å². The topological polar surface area (TPSA) is 59.6 Å². The van der Waals surface area contributed by atoms with Crippen molar-refractivity contribution in [1.29, 1.82) is 0 Å². The Morgan fingerprint density at radius 1 is 1.04 bits per heavy atom. The molecule has 124 valence electrons. The number of hydrogen-bond acceptors (Lipinski definition) is 3. The molecule has 0 fully saturated rings. The monoisotopic (exact) mass is 324 g/mol. The van der Waals surface area contributed by atoms with E-state index in [1.54, 1.807) is 0 Å². The van der Waals surface area contributed by atoms with Gasteiger partial charge in [-0.25, -0.2) is 4.79 Å². The SMILES string of the molecule is O=C(NCc1ccc2c(c1)OCO2)Nc1cccc2c1CCCC2. The summed E-state index contributed by atoms with van der Waals surface area (Å²) >= 11 is 0. The van der Waals surface area contributed by atoms with Crippen LogP contribution in [0.3, 0.4) is 0 Å². The fourth-order valence-corrected chi connectivity index (χ4v) is 3.30. The third kappa shape index (κ3) is 3.02. The highest BCUT2D eigenvalue weighted by atomic mass is 16.7. The number of aryl methyl sites for hydroxylation is 1. The molecule has 0 unspecified atom stereocenters. The third-order valence-electron chi connectivity index (χ3n) is 4.53. The van der Waals surface area contributed by atoms with E-state index in [-0.39, 0.29) is 12.8 Å². The van der Waals surface area contributed by atoms with Gasteiger partial charge in [-0.3, -0.25) is 0 Å². The number of hydrogen-bond donors (Lipinski definition) is 2. The smallest absolute Gasteiger partial charge is 0.319 e. The summed E-state index contributed by atoms with van der Waals surface area (Å²) in [5.74, 6) is 1.48. The molecule has 0 radical (unpaired) electrons. The Bertz CT molecular complexity index is 773. The van der Waals surface area contributed by atoms with Crippen LogP contribution in [0.5, 0.6) is 11.5 Å². The molecular weight excluding hydrogens is 304 g/mol. The van der Waals surface area contributed by atoms with Gasteiger partial charge in [0.05, 0.1) is 0 Å². The molecule has 5 heteroatoms. The Morgan fingerprint density at radius 2 is 1.92 bits per heavy atom. The first-order valence-corrected chi connectivity index (χ1v) is 8.34. The molecule has 4 rings (SSSR count). The summed E-state index contributed by atoms with van der Waals surface area (Å²) in [4.78, 5) is 12.2. The first-order chi connectivity index (χ1) is 11.8. The van der Waals surface area contributed by atoms with E-state index >= 15 is 0 Å². The van der Waals surface area contributed by atoms with E-state index in [1.165, 1.54) is 24.0 Å². The van der Waals surface area contributed by atoms with Crippen molar-refractivity contribution in [3.63, 3.8) is 0 Å². The lowest BCUT2D eigenvalue weighted by Crippen LogP contribution is -2.29. The second kappa shape index (κ2) is 6.43. The normalized spacial score (nSPS) is 14.8. The minimum atomic E-state index is -0.188. The highest BCUT2D eigenvalue weighted by Gasteiger charge is 2.15. The number of amides is 2. The molecule has 1 aliphatic carbocycles. The molecular formula is C19H20N2O3. The quantitative estimate of drug-likeness (QED) is 0.906. The highest BCUT2D eigenvalue weighted by Crippen LogP contribution is 2.32. The van der Waals surface area contributed by atoms with Gasteiger partial charge < -0.3 is 20.1 Å². The Labute approximate surface area is 141 Å². The molecule has 24 heavy (non-hydrogen) atoms. The van der Waals surface area contributed by atoms with Crippen molar-refractivity contribution in [3.05, 3.63) is 53.1 Å². The number of fused-ring (bicyclic) bond motifs is 2. The lowest BCUT2D eigenvalue weighted by Gasteiger charge is -2.19. The Kier molecular flexibility index (Phi) is 3.99. The Hall–Kier alpha value is -2.69. The van der Waals surface area contributed by atoms with Crippen molar-refractivity contribution in [2.24, 2.45) is 0 Å². The number of rotatable bonds is 3. The highest BCUT2D eigenvalue weighted by molar-refractivity contribution is 5.90. The number of anilines is 1. The van der Waals surface area contributed by atoms with Crippen molar-refractivity contribution in [2.45, 2.75) is 32.2 Å². The Morgan fingerprint density at radius 3 is 2.88 bits per heavy atom. The molecule has 1 heterocycles. The number of benzene rings is 2. The van der Waals surface area contributed by atoms with Crippen molar-refractivity contribution >= 4 is 11.7 Å². The molecule has 5 nitrogen and oxygen atoms in total. The van der Waals surface area contributed by atoms with Crippen molar-refractivity contribution in [1.82, 2.24) is 5.32 Å². The third-order valence-corrected chi connectivity index (χ3v) is 4.53. The fourth-order valence-electron chi connectivity index (χ4n) is 3.30. The lowest BCUT2D eigenvalue weighted by atomic mass is 9.90. The molecule has 1 aliphatic heterocycles. The zero-order chi connectivity index (χ0) is 16.4. The molecule has 2 aromatic rings. The molecule has 0 aromatic heterocycles. The molecule has 0 saturated heterocycles. The van der Waals surface area contributed by atoms with E-state index in [2.05, 4.69) is 16.7 Å². The van der Waals surface area contributed by atoms with Crippen LogP contribution < -0.4 is 20.1 Å². The van der Waals surface area contributed by atoms with Crippen molar-refractivity contribution in [3.8, 4) is 11.5 Å². The maximum atomic E-state index is 12.2. The van der Waals surface area contributed by atoms with Crippen LogP contribution in [-0.2, 0) is 19.4 Å². The van der Waals surface area contributed by atoms with Gasteiger partial charge in [-0.05, 0) is 60.6 Å². The molecule has 2 N–H and O–H groups in total. The molecule has 0 spiro atoms. The molecule has 2 amide bonds. The second-order valence-electron chi connectivity index (χ2n) is 6.15. The maximum absolute atomic E-state index is 12.2. The van der Waals surface area contributed by atoms with Gasteiger partial charge in [-0.2, -0.15) is 0 Å². The Balaban J connectivity index is 1.39. The zero-order valence-corrected chi connectivity index (χ0v) is 13.4. The van der Waals surface area contributed by atoms with E-state index in [1.807, 2.05) is 30.3 Å². The van der Waals surface area contributed by atoms with Crippen molar-refractivity contribution in [2.75, 3.05) is 12.1 Å². The van der Waals surface area contributed by atoms with Crippen LogP contribution in [-0.4, -0.2) is 12.8 Å². The predicted octanol–water partition coefficient (Wildman–Crippen LogP) is 3.62. The summed E-state index contributed by atoms with van der Waals surface area (Å²) in [7, 11) is 0. The lowest BCUT2D eigenvalue weighted by molar-refractivity contribution is 0.174. The van der Waals surface area contributed by atoms with E-state index < -0.39 is 0 Å². The minimum Gasteiger partial charge on any atom is -0.454 e. The van der Waals surface area contributed by atoms with Gasteiger partial charge in [0.15, 0.2) is 11.5 Å². The molecule has 0 saturated carbocycles. The van der Waals surface area contributed by atoms with Gasteiger partial charge in [0.25, 0.3) is 0 Å². The van der Waals surface area contributed by atoms with Crippen molar-refractivity contribution < 1.29 is 14.3 Å². The summed E-state index contributed by atoms with van der Waals surface area (Å²) in [6, 6.07) is 11.6. The molecule has 2 aromatic carbocycles. The van der Waals surface area contributed by atoms with Crippen LogP contribution in [0.25, 0.3) is 0 Å². The van der Waals surface area contributed by atoms with Gasteiger partial charge in [-0.1, -0.05) is 18.2 Å². The van der Waals surface area contributed by atoms with E-state index in [0.29, 0.717) is 6.54 Å². The standard InChI is InChI=1S/C19H20N2O3/c22-19(20-11-13-8-9-17-18(10-13)24-12-23-17)21-16-7-3-5-14-4-1-2-6-15(14)16/h3,5,7-10H,1-2,4,6,11-12H2,(H2,20,21,22). The second-order valence-corrected chi connectivity index (χ2v) is 6.15. The number of carbonyl (C=O) groups excluding carboxylic acids is 1. The van der Waals surface area contributed by atoms with Gasteiger partial charge in [0.1, 0.15) is 0 Å². The molecule has 0 atom stereocenters. The zero-order valence-electron chi connectivity index (χ0n) is 13.4. The van der Waals surface area contributed by atoms with Crippen LogP contribution in [0.1, 0.15) is 29.5 Å². The summed E-state index contributed by atoms with van der Waals surface area (Å²) in [6.45, 7) is 0.698. The van der Waals surface area contributed by atoms with Gasteiger partial charge in [-0.15, -0.1) is 0 Å². The fraction of sp³-hybridized carbons (Fsp3) is 0.316. The van der Waals surface area contributed by atoms with Gasteiger partial charge in [0.2, 0.25) is 6.79 Å².